The number of carboxylic acid groups (broad SMARTS) is 1. The summed E-state index contributed by atoms with van der Waals surface area (Å²) in [5, 5.41) is 15.8. The van der Waals surface area contributed by atoms with Crippen molar-refractivity contribution in [1.29, 1.82) is 0 Å². The van der Waals surface area contributed by atoms with Gasteiger partial charge in [-0.2, -0.15) is 0 Å². The smallest absolute Gasteiger partial charge is 0.407 e. The number of alkyl carbamates (subject to hydrolysis) is 1. The van der Waals surface area contributed by atoms with Crippen LogP contribution in [0.25, 0.3) is 11.1 Å². The van der Waals surface area contributed by atoms with Gasteiger partial charge in [0.05, 0.1) is 0 Å². The Balaban J connectivity index is 1.08. The van der Waals surface area contributed by atoms with Crippen LogP contribution in [0.4, 0.5) is 4.79 Å². The summed E-state index contributed by atoms with van der Waals surface area (Å²) in [6.07, 6.45) is 2.37. The Morgan fingerprint density at radius 3 is 2.07 bits per heavy atom. The van der Waals surface area contributed by atoms with E-state index in [2.05, 4.69) is 51.9 Å². The molecular weight excluding hydrogens is 530 g/mol. The van der Waals surface area contributed by atoms with Crippen LogP contribution in [-0.4, -0.2) is 59.3 Å². The summed E-state index contributed by atoms with van der Waals surface area (Å²) < 4.78 is 5.70. The van der Waals surface area contributed by atoms with Crippen LogP contribution in [0, 0.1) is 5.92 Å². The molecule has 0 radical (unpaired) electrons. The van der Waals surface area contributed by atoms with Gasteiger partial charge in [0.15, 0.2) is 0 Å². The Bertz CT molecular complexity index is 1400. The Morgan fingerprint density at radius 2 is 1.48 bits per heavy atom. The van der Waals surface area contributed by atoms with Crippen LogP contribution in [0.3, 0.4) is 0 Å². The van der Waals surface area contributed by atoms with Crippen LogP contribution in [0.15, 0.2) is 78.9 Å². The van der Waals surface area contributed by atoms with Gasteiger partial charge in [0.2, 0.25) is 5.91 Å². The summed E-state index contributed by atoms with van der Waals surface area (Å²) in [5.74, 6) is -1.26. The molecule has 0 aromatic heterocycles. The molecule has 3 aliphatic rings. The summed E-state index contributed by atoms with van der Waals surface area (Å²) in [6.45, 7) is 1.98. The Labute approximate surface area is 246 Å². The fraction of sp³-hybridized carbons (Fsp3) is 0.382. The number of fused-ring (bicyclic) bond motifs is 3. The fourth-order valence-corrected chi connectivity index (χ4v) is 6.35. The number of nitrogens with one attached hydrogen (secondary N) is 2. The average Bonchev–Trinajstić information content (AvgIpc) is 3.77. The van der Waals surface area contributed by atoms with Gasteiger partial charge >= 0.3 is 12.1 Å². The number of benzene rings is 3. The van der Waals surface area contributed by atoms with Crippen molar-refractivity contribution in [3.05, 3.63) is 95.6 Å². The lowest BCUT2D eigenvalue weighted by Gasteiger charge is -2.40. The third kappa shape index (κ3) is 6.04. The molecule has 6 rings (SSSR count). The highest BCUT2D eigenvalue weighted by molar-refractivity contribution is 5.91. The standard InChI is InChI=1S/C34H37N3O5/c38-31(36-34(32(39)40)16-18-37(19-17-34)21-24-8-2-1-3-9-24)30(20-23-14-15-23)35-33(41)42-22-29-27-12-6-4-10-25(27)26-11-5-7-13-28(26)29/h1-13,23,29-30H,14-22H2,(H,35,41)(H,36,38)(H,39,40). The highest BCUT2D eigenvalue weighted by atomic mass is 16.5. The van der Waals surface area contributed by atoms with Gasteiger partial charge < -0.3 is 20.5 Å². The third-order valence-corrected chi connectivity index (χ3v) is 8.95. The predicted molar refractivity (Wildman–Crippen MR) is 159 cm³/mol. The van der Waals surface area contributed by atoms with Crippen LogP contribution < -0.4 is 10.6 Å². The highest BCUT2D eigenvalue weighted by Gasteiger charge is 2.44. The monoisotopic (exact) mass is 567 g/mol. The molecule has 8 heteroatoms. The number of carbonyl (C=O) groups is 3. The van der Waals surface area contributed by atoms with Crippen molar-refractivity contribution < 1.29 is 24.2 Å². The van der Waals surface area contributed by atoms with Crippen LogP contribution in [0.2, 0.25) is 0 Å². The topological polar surface area (TPSA) is 108 Å². The number of ether oxygens (including phenoxy) is 1. The van der Waals surface area contributed by atoms with Gasteiger partial charge in [0.1, 0.15) is 18.2 Å². The largest absolute Gasteiger partial charge is 0.480 e. The Morgan fingerprint density at radius 1 is 0.881 bits per heavy atom. The summed E-state index contributed by atoms with van der Waals surface area (Å²) >= 11 is 0. The number of piperidine rings is 1. The second-order valence-electron chi connectivity index (χ2n) is 11.8. The van der Waals surface area contributed by atoms with Crippen molar-refractivity contribution in [2.45, 2.75) is 56.1 Å². The minimum Gasteiger partial charge on any atom is -0.480 e. The van der Waals surface area contributed by atoms with E-state index in [9.17, 15) is 19.5 Å². The lowest BCUT2D eigenvalue weighted by atomic mass is 9.86. The number of amides is 2. The van der Waals surface area contributed by atoms with Gasteiger partial charge in [0.25, 0.3) is 0 Å². The Kier molecular flexibility index (Phi) is 7.98. The molecule has 3 aromatic carbocycles. The zero-order valence-electron chi connectivity index (χ0n) is 23.6. The first kappa shape index (κ1) is 28.0. The summed E-state index contributed by atoms with van der Waals surface area (Å²) in [4.78, 5) is 41.2. The molecule has 1 aliphatic heterocycles. The minimum absolute atomic E-state index is 0.0878. The van der Waals surface area contributed by atoms with Crippen molar-refractivity contribution in [1.82, 2.24) is 15.5 Å². The number of rotatable bonds is 10. The quantitative estimate of drug-likeness (QED) is 0.321. The summed E-state index contributed by atoms with van der Waals surface area (Å²) in [7, 11) is 0. The van der Waals surface area contributed by atoms with E-state index in [0.717, 1.165) is 41.6 Å². The molecule has 3 N–H and O–H groups in total. The average molecular weight is 568 g/mol. The zero-order valence-corrected chi connectivity index (χ0v) is 23.6. The summed E-state index contributed by atoms with van der Waals surface area (Å²) in [5.41, 5.74) is 4.31. The lowest BCUT2D eigenvalue weighted by molar-refractivity contribution is -0.150. The van der Waals surface area contributed by atoms with Gasteiger partial charge in [-0.25, -0.2) is 9.59 Å². The normalized spacial score (nSPS) is 18.4. The van der Waals surface area contributed by atoms with Gasteiger partial charge in [0, 0.05) is 25.6 Å². The first-order valence-corrected chi connectivity index (χ1v) is 14.8. The lowest BCUT2D eigenvalue weighted by Crippen LogP contribution is -2.63. The summed E-state index contributed by atoms with van der Waals surface area (Å²) in [6, 6.07) is 25.5. The van der Waals surface area contributed by atoms with Crippen molar-refractivity contribution in [2.75, 3.05) is 19.7 Å². The first-order valence-electron chi connectivity index (χ1n) is 14.8. The molecule has 1 unspecified atom stereocenters. The number of carboxylic acids is 1. The van der Waals surface area contributed by atoms with E-state index in [1.165, 1.54) is 5.56 Å². The van der Waals surface area contributed by atoms with Gasteiger partial charge in [-0.3, -0.25) is 9.69 Å². The molecule has 42 heavy (non-hydrogen) atoms. The van der Waals surface area contributed by atoms with E-state index in [0.29, 0.717) is 38.3 Å². The molecule has 2 amide bonds. The van der Waals surface area contributed by atoms with Crippen molar-refractivity contribution in [2.24, 2.45) is 5.92 Å². The number of nitrogens with zero attached hydrogens (tertiary/aromatic N) is 1. The fourth-order valence-electron chi connectivity index (χ4n) is 6.35. The molecule has 8 nitrogen and oxygen atoms in total. The molecular formula is C34H37N3O5. The van der Waals surface area contributed by atoms with Crippen molar-refractivity contribution in [3.63, 3.8) is 0 Å². The highest BCUT2D eigenvalue weighted by Crippen LogP contribution is 2.44. The van der Waals surface area contributed by atoms with Gasteiger partial charge in [-0.05, 0) is 53.0 Å². The van der Waals surface area contributed by atoms with E-state index in [4.69, 9.17) is 4.74 Å². The van der Waals surface area contributed by atoms with Crippen LogP contribution in [0.5, 0.6) is 0 Å². The molecule has 2 aliphatic carbocycles. The predicted octanol–water partition coefficient (Wildman–Crippen LogP) is 4.93. The SMILES string of the molecule is O=C(NC(CC1CC1)C(=O)NC1(C(=O)O)CCN(Cc2ccccc2)CC1)OCC1c2ccccc2-c2ccccc21. The van der Waals surface area contributed by atoms with E-state index in [-0.39, 0.29) is 12.5 Å². The maximum absolute atomic E-state index is 13.5. The number of carbonyl (C=O) groups excluding carboxylic acids is 2. The zero-order chi connectivity index (χ0) is 29.1. The van der Waals surface area contributed by atoms with Crippen molar-refractivity contribution >= 4 is 18.0 Å². The molecule has 218 valence electrons. The van der Waals surface area contributed by atoms with Crippen molar-refractivity contribution in [3.8, 4) is 11.1 Å². The molecule has 1 heterocycles. The van der Waals surface area contributed by atoms with Crippen LogP contribution in [0.1, 0.15) is 54.7 Å². The maximum Gasteiger partial charge on any atom is 0.407 e. The van der Waals surface area contributed by atoms with Crippen LogP contribution in [-0.2, 0) is 20.9 Å². The van der Waals surface area contributed by atoms with E-state index in [1.54, 1.807) is 0 Å². The van der Waals surface area contributed by atoms with Crippen LogP contribution >= 0.6 is 0 Å². The van der Waals surface area contributed by atoms with Gasteiger partial charge in [-0.1, -0.05) is 91.7 Å². The second-order valence-corrected chi connectivity index (χ2v) is 11.8. The first-order chi connectivity index (χ1) is 20.4. The van der Waals surface area contributed by atoms with E-state index < -0.39 is 29.6 Å². The molecule has 0 spiro atoms. The van der Waals surface area contributed by atoms with Gasteiger partial charge in [-0.15, -0.1) is 0 Å². The molecule has 1 saturated heterocycles. The number of aliphatic carboxylic acids is 1. The molecule has 1 saturated carbocycles. The molecule has 1 atom stereocenters. The van der Waals surface area contributed by atoms with E-state index in [1.807, 2.05) is 42.5 Å². The Hall–Kier alpha value is -4.17. The molecule has 3 aromatic rings. The number of hydrogen-bond acceptors (Lipinski definition) is 5. The number of likely N-dealkylation sites (tertiary alicyclic amines) is 1. The third-order valence-electron chi connectivity index (χ3n) is 8.95. The van der Waals surface area contributed by atoms with E-state index >= 15 is 0 Å². The second kappa shape index (κ2) is 12.0. The number of hydrogen-bond donors (Lipinski definition) is 3. The molecule has 2 fully saturated rings. The molecule has 0 bridgehead atoms. The maximum atomic E-state index is 13.5. The minimum atomic E-state index is -1.37.